The van der Waals surface area contributed by atoms with E-state index in [0.29, 0.717) is 0 Å². The Balaban J connectivity index is 2.47. The SMILES string of the molecule is Cc1ccc2ncc(N(C)SON)n2c1. The van der Waals surface area contributed by atoms with Crippen LogP contribution < -0.4 is 10.2 Å². The molecule has 0 spiro atoms. The topological polar surface area (TPSA) is 55.8 Å². The van der Waals surface area contributed by atoms with Gasteiger partial charge in [0.25, 0.3) is 0 Å². The third kappa shape index (κ3) is 1.92. The molecule has 2 aromatic heterocycles. The van der Waals surface area contributed by atoms with Crippen molar-refractivity contribution in [3.05, 3.63) is 30.1 Å². The number of pyridine rings is 1. The lowest BCUT2D eigenvalue weighted by Crippen LogP contribution is -2.11. The van der Waals surface area contributed by atoms with E-state index < -0.39 is 0 Å². The fourth-order valence-electron chi connectivity index (χ4n) is 1.41. The molecule has 0 radical (unpaired) electrons. The third-order valence-corrected chi connectivity index (χ3v) is 2.61. The fourth-order valence-corrected chi connectivity index (χ4v) is 1.75. The summed E-state index contributed by atoms with van der Waals surface area (Å²) in [6.45, 7) is 2.04. The molecule has 0 aromatic carbocycles. The van der Waals surface area contributed by atoms with Gasteiger partial charge in [0.15, 0.2) is 0 Å². The van der Waals surface area contributed by atoms with Gasteiger partial charge in [-0.1, -0.05) is 6.07 Å². The molecular weight excluding hydrogens is 212 g/mol. The highest BCUT2D eigenvalue weighted by molar-refractivity contribution is 7.96. The van der Waals surface area contributed by atoms with Crippen molar-refractivity contribution in [1.82, 2.24) is 9.38 Å². The summed E-state index contributed by atoms with van der Waals surface area (Å²) >= 11 is 1.06. The Labute approximate surface area is 92.1 Å². The highest BCUT2D eigenvalue weighted by Gasteiger charge is 2.08. The molecular formula is C9H12N4OS. The standard InChI is InChI=1S/C9H12N4OS/c1-7-3-4-8-11-5-9(13(8)6-7)12(2)15-14-10/h3-6H,10H2,1-2H3. The average Bonchev–Trinajstić information content (AvgIpc) is 2.60. The summed E-state index contributed by atoms with van der Waals surface area (Å²) in [5.41, 5.74) is 2.08. The summed E-state index contributed by atoms with van der Waals surface area (Å²) in [6.07, 6.45) is 3.80. The number of nitrogens with two attached hydrogens (primary N) is 1. The van der Waals surface area contributed by atoms with Gasteiger partial charge in [-0.05, 0) is 18.6 Å². The number of anilines is 1. The van der Waals surface area contributed by atoms with Crippen molar-refractivity contribution in [3.8, 4) is 0 Å². The molecule has 2 N–H and O–H groups in total. The molecule has 0 aliphatic carbocycles. The van der Waals surface area contributed by atoms with E-state index in [1.807, 2.05) is 36.7 Å². The summed E-state index contributed by atoms with van der Waals surface area (Å²) in [7, 11) is 1.86. The first-order valence-corrected chi connectivity index (χ1v) is 5.13. The zero-order chi connectivity index (χ0) is 10.8. The maximum atomic E-state index is 5.00. The first kappa shape index (κ1) is 10.3. The fraction of sp³-hybridized carbons (Fsp3) is 0.222. The van der Waals surface area contributed by atoms with Crippen LogP contribution in [0.5, 0.6) is 0 Å². The summed E-state index contributed by atoms with van der Waals surface area (Å²) in [6, 6.07) is 4.00. The number of hydrogen-bond donors (Lipinski definition) is 1. The molecule has 15 heavy (non-hydrogen) atoms. The van der Waals surface area contributed by atoms with Crippen LogP contribution in [-0.2, 0) is 4.28 Å². The van der Waals surface area contributed by atoms with E-state index in [9.17, 15) is 0 Å². The van der Waals surface area contributed by atoms with Crippen molar-refractivity contribution >= 4 is 23.7 Å². The second-order valence-corrected chi connectivity index (χ2v) is 4.11. The number of aromatic nitrogens is 2. The van der Waals surface area contributed by atoms with Gasteiger partial charge in [-0.3, -0.25) is 8.71 Å². The Morgan fingerprint density at radius 3 is 3.07 bits per heavy atom. The third-order valence-electron chi connectivity index (χ3n) is 2.11. The van der Waals surface area contributed by atoms with Crippen LogP contribution in [0.15, 0.2) is 24.5 Å². The van der Waals surface area contributed by atoms with Crippen molar-refractivity contribution in [2.24, 2.45) is 5.90 Å². The average molecular weight is 224 g/mol. The lowest BCUT2D eigenvalue weighted by Gasteiger charge is -2.13. The molecule has 0 saturated heterocycles. The van der Waals surface area contributed by atoms with Crippen molar-refractivity contribution in [2.45, 2.75) is 6.92 Å². The van der Waals surface area contributed by atoms with Crippen LogP contribution >= 0.6 is 12.2 Å². The minimum absolute atomic E-state index is 0.903. The number of nitrogens with zero attached hydrogens (tertiary/aromatic N) is 3. The number of rotatable bonds is 3. The maximum Gasteiger partial charge on any atom is 0.144 e. The minimum atomic E-state index is 0.903. The van der Waals surface area contributed by atoms with Crippen LogP contribution in [0.25, 0.3) is 5.65 Å². The van der Waals surface area contributed by atoms with Crippen molar-refractivity contribution in [3.63, 3.8) is 0 Å². The summed E-state index contributed by atoms with van der Waals surface area (Å²) in [5.74, 6) is 5.92. The van der Waals surface area contributed by atoms with E-state index in [2.05, 4.69) is 9.27 Å². The minimum Gasteiger partial charge on any atom is -0.285 e. The number of imidazole rings is 1. The molecule has 2 rings (SSSR count). The quantitative estimate of drug-likeness (QED) is 0.487. The van der Waals surface area contributed by atoms with Crippen LogP contribution in [-0.4, -0.2) is 16.4 Å². The molecule has 0 bridgehead atoms. The van der Waals surface area contributed by atoms with Gasteiger partial charge in [0.2, 0.25) is 0 Å². The second kappa shape index (κ2) is 4.09. The first-order valence-electron chi connectivity index (χ1n) is 4.43. The van der Waals surface area contributed by atoms with Crippen LogP contribution in [0, 0.1) is 6.92 Å². The van der Waals surface area contributed by atoms with E-state index in [-0.39, 0.29) is 0 Å². The Hall–Kier alpha value is -1.24. The zero-order valence-electron chi connectivity index (χ0n) is 8.54. The number of fused-ring (bicyclic) bond motifs is 1. The largest absolute Gasteiger partial charge is 0.285 e. The van der Waals surface area contributed by atoms with E-state index >= 15 is 0 Å². The van der Waals surface area contributed by atoms with Gasteiger partial charge in [-0.25, -0.2) is 15.2 Å². The van der Waals surface area contributed by atoms with Gasteiger partial charge >= 0.3 is 0 Å². The molecule has 0 saturated carbocycles. The molecule has 0 atom stereocenters. The lowest BCUT2D eigenvalue weighted by molar-refractivity contribution is 0.397. The molecule has 0 fully saturated rings. The summed E-state index contributed by atoms with van der Waals surface area (Å²) < 4.78 is 8.30. The normalized spacial score (nSPS) is 10.9. The van der Waals surface area contributed by atoms with Gasteiger partial charge in [-0.2, -0.15) is 0 Å². The molecule has 6 heteroatoms. The Kier molecular flexibility index (Phi) is 2.81. The Morgan fingerprint density at radius 1 is 1.53 bits per heavy atom. The van der Waals surface area contributed by atoms with Gasteiger partial charge in [0.1, 0.15) is 23.7 Å². The highest BCUT2D eigenvalue weighted by Crippen LogP contribution is 2.21. The van der Waals surface area contributed by atoms with E-state index in [1.165, 1.54) is 5.56 Å². The predicted octanol–water partition coefficient (Wildman–Crippen LogP) is 1.53. The molecule has 0 aliphatic rings. The molecule has 0 amide bonds. The summed E-state index contributed by atoms with van der Waals surface area (Å²) in [5, 5.41) is 0. The van der Waals surface area contributed by atoms with Crippen molar-refractivity contribution < 1.29 is 4.28 Å². The molecule has 0 unspecified atom stereocenters. The second-order valence-electron chi connectivity index (χ2n) is 3.22. The first-order chi connectivity index (χ1) is 7.22. The Bertz CT molecular complexity index is 470. The molecule has 80 valence electrons. The van der Waals surface area contributed by atoms with Crippen LogP contribution in [0.4, 0.5) is 5.82 Å². The lowest BCUT2D eigenvalue weighted by atomic mass is 10.3. The van der Waals surface area contributed by atoms with E-state index in [1.54, 1.807) is 10.5 Å². The van der Waals surface area contributed by atoms with Gasteiger partial charge in [0.05, 0.1) is 6.20 Å². The van der Waals surface area contributed by atoms with Gasteiger partial charge < -0.3 is 0 Å². The van der Waals surface area contributed by atoms with Gasteiger partial charge in [-0.15, -0.1) is 0 Å². The molecule has 2 heterocycles. The van der Waals surface area contributed by atoms with Crippen molar-refractivity contribution in [2.75, 3.05) is 11.4 Å². The number of aryl methyl sites for hydroxylation is 1. The highest BCUT2D eigenvalue weighted by atomic mass is 32.2. The van der Waals surface area contributed by atoms with E-state index in [4.69, 9.17) is 5.90 Å². The maximum absolute atomic E-state index is 5.00. The van der Waals surface area contributed by atoms with Crippen molar-refractivity contribution in [1.29, 1.82) is 0 Å². The van der Waals surface area contributed by atoms with E-state index in [0.717, 1.165) is 23.7 Å². The predicted molar refractivity (Wildman–Crippen MR) is 61.2 cm³/mol. The zero-order valence-corrected chi connectivity index (χ0v) is 9.36. The smallest absolute Gasteiger partial charge is 0.144 e. The molecule has 5 nitrogen and oxygen atoms in total. The van der Waals surface area contributed by atoms with Gasteiger partial charge in [0, 0.05) is 13.2 Å². The Morgan fingerprint density at radius 2 is 2.33 bits per heavy atom. The van der Waals surface area contributed by atoms with Crippen LogP contribution in [0.2, 0.25) is 0 Å². The van der Waals surface area contributed by atoms with Crippen LogP contribution in [0.1, 0.15) is 5.56 Å². The van der Waals surface area contributed by atoms with Crippen LogP contribution in [0.3, 0.4) is 0 Å². The molecule has 2 aromatic rings. The summed E-state index contributed by atoms with van der Waals surface area (Å²) in [4.78, 5) is 4.27. The number of hydrogen-bond acceptors (Lipinski definition) is 5. The molecule has 0 aliphatic heterocycles. The monoisotopic (exact) mass is 224 g/mol.